The van der Waals surface area contributed by atoms with Gasteiger partial charge in [0, 0.05) is 10.0 Å². The number of carbonyl (C=O) groups is 2. The van der Waals surface area contributed by atoms with Gasteiger partial charge in [-0.15, -0.1) is 0 Å². The van der Waals surface area contributed by atoms with E-state index in [0.717, 1.165) is 0 Å². The first-order chi connectivity index (χ1) is 8.95. The average Bonchev–Trinajstić information content (AvgIpc) is 2.34. The van der Waals surface area contributed by atoms with Crippen LogP contribution in [-0.4, -0.2) is 24.5 Å². The molecule has 0 aromatic heterocycles. The molecule has 0 aliphatic carbocycles. The van der Waals surface area contributed by atoms with E-state index in [1.165, 1.54) is 0 Å². The Balaban J connectivity index is 2.63. The van der Waals surface area contributed by atoms with Crippen LogP contribution in [0.2, 0.25) is 10.0 Å². The third-order valence-electron chi connectivity index (χ3n) is 2.42. The van der Waals surface area contributed by atoms with Gasteiger partial charge in [-0.3, -0.25) is 4.79 Å². The molecule has 1 aromatic carbocycles. The zero-order chi connectivity index (χ0) is 14.4. The van der Waals surface area contributed by atoms with E-state index < -0.39 is 12.0 Å². The molecule has 0 heterocycles. The highest BCUT2D eigenvalue weighted by Gasteiger charge is 2.18. The van der Waals surface area contributed by atoms with E-state index in [9.17, 15) is 9.59 Å². The van der Waals surface area contributed by atoms with Crippen molar-refractivity contribution in [3.05, 3.63) is 33.8 Å². The van der Waals surface area contributed by atoms with Crippen molar-refractivity contribution in [1.29, 1.82) is 0 Å². The normalized spacial score (nSPS) is 11.8. The molecular formula is C13H15Cl2NO3. The van der Waals surface area contributed by atoms with Gasteiger partial charge in [0.15, 0.2) is 0 Å². The molecule has 19 heavy (non-hydrogen) atoms. The summed E-state index contributed by atoms with van der Waals surface area (Å²) in [7, 11) is 0. The van der Waals surface area contributed by atoms with Crippen molar-refractivity contribution < 1.29 is 14.3 Å². The van der Waals surface area contributed by atoms with Crippen molar-refractivity contribution >= 4 is 35.1 Å². The first kappa shape index (κ1) is 15.8. The molecule has 1 N–H and O–H groups in total. The van der Waals surface area contributed by atoms with Crippen LogP contribution in [0.15, 0.2) is 18.2 Å². The summed E-state index contributed by atoms with van der Waals surface area (Å²) in [6.45, 7) is 3.54. The minimum atomic E-state index is -0.700. The van der Waals surface area contributed by atoms with Crippen molar-refractivity contribution in [2.45, 2.75) is 26.3 Å². The number of nitrogens with one attached hydrogen (secondary N) is 1. The van der Waals surface area contributed by atoms with Gasteiger partial charge in [0.05, 0.1) is 13.0 Å². The maximum absolute atomic E-state index is 11.8. The van der Waals surface area contributed by atoms with Crippen molar-refractivity contribution in [3.63, 3.8) is 0 Å². The molecule has 0 fully saturated rings. The monoisotopic (exact) mass is 303 g/mol. The predicted octanol–water partition coefficient (Wildman–Crippen LogP) is 2.60. The first-order valence-electron chi connectivity index (χ1n) is 5.84. The third kappa shape index (κ3) is 4.73. The van der Waals surface area contributed by atoms with Crippen LogP contribution in [-0.2, 0) is 20.7 Å². The van der Waals surface area contributed by atoms with Crippen LogP contribution in [0.25, 0.3) is 0 Å². The Labute approximate surface area is 122 Å². The molecule has 1 atom stereocenters. The topological polar surface area (TPSA) is 55.4 Å². The number of ether oxygens (including phenoxy) is 1. The molecule has 6 heteroatoms. The van der Waals surface area contributed by atoms with E-state index in [4.69, 9.17) is 27.9 Å². The number of hydrogen-bond donors (Lipinski definition) is 1. The van der Waals surface area contributed by atoms with Crippen LogP contribution >= 0.6 is 23.2 Å². The minimum Gasteiger partial charge on any atom is -0.464 e. The van der Waals surface area contributed by atoms with E-state index in [2.05, 4.69) is 5.32 Å². The number of halogens is 2. The van der Waals surface area contributed by atoms with Crippen LogP contribution in [0.5, 0.6) is 0 Å². The van der Waals surface area contributed by atoms with E-state index in [1.807, 2.05) is 0 Å². The van der Waals surface area contributed by atoms with Gasteiger partial charge in [-0.1, -0.05) is 29.3 Å². The van der Waals surface area contributed by atoms with Gasteiger partial charge in [-0.05, 0) is 31.5 Å². The quantitative estimate of drug-likeness (QED) is 0.851. The molecular weight excluding hydrogens is 289 g/mol. The number of benzene rings is 1. The largest absolute Gasteiger partial charge is 0.464 e. The van der Waals surface area contributed by atoms with Crippen molar-refractivity contribution in [3.8, 4) is 0 Å². The fourth-order valence-corrected chi connectivity index (χ4v) is 2.01. The molecule has 0 aliphatic rings. The molecule has 0 saturated heterocycles. The lowest BCUT2D eigenvalue weighted by molar-refractivity contribution is -0.146. The SMILES string of the molecule is CCOC(=O)C(C)NC(=O)Cc1c(Cl)cccc1Cl. The molecule has 0 saturated carbocycles. The summed E-state index contributed by atoms with van der Waals surface area (Å²) in [4.78, 5) is 23.2. The average molecular weight is 304 g/mol. The van der Waals surface area contributed by atoms with E-state index in [0.29, 0.717) is 15.6 Å². The van der Waals surface area contributed by atoms with Gasteiger partial charge in [-0.2, -0.15) is 0 Å². The standard InChI is InChI=1S/C13H15Cl2NO3/c1-3-19-13(18)8(2)16-12(17)7-9-10(14)5-4-6-11(9)15/h4-6,8H,3,7H2,1-2H3,(H,16,17). The fraction of sp³-hybridized carbons (Fsp3) is 0.385. The summed E-state index contributed by atoms with van der Waals surface area (Å²) in [6.07, 6.45) is 0.0161. The lowest BCUT2D eigenvalue weighted by Gasteiger charge is -2.13. The van der Waals surface area contributed by atoms with Gasteiger partial charge in [0.25, 0.3) is 0 Å². The van der Waals surface area contributed by atoms with Gasteiger partial charge < -0.3 is 10.1 Å². The first-order valence-corrected chi connectivity index (χ1v) is 6.60. The number of rotatable bonds is 5. The Kier molecular flexibility index (Phi) is 6.12. The maximum Gasteiger partial charge on any atom is 0.328 e. The lowest BCUT2D eigenvalue weighted by atomic mass is 10.1. The molecule has 1 amide bonds. The Bertz CT molecular complexity index is 457. The van der Waals surface area contributed by atoms with Crippen molar-refractivity contribution in [2.24, 2.45) is 0 Å². The molecule has 1 aromatic rings. The van der Waals surface area contributed by atoms with Crippen LogP contribution in [0, 0.1) is 0 Å². The maximum atomic E-state index is 11.8. The molecule has 0 spiro atoms. The van der Waals surface area contributed by atoms with Crippen molar-refractivity contribution in [1.82, 2.24) is 5.32 Å². The lowest BCUT2D eigenvalue weighted by Crippen LogP contribution is -2.40. The minimum absolute atomic E-state index is 0.0161. The van der Waals surface area contributed by atoms with Gasteiger partial charge in [0.1, 0.15) is 6.04 Å². The van der Waals surface area contributed by atoms with E-state index in [-0.39, 0.29) is 18.9 Å². The Hall–Kier alpha value is -1.26. The molecule has 104 valence electrons. The molecule has 4 nitrogen and oxygen atoms in total. The highest BCUT2D eigenvalue weighted by Crippen LogP contribution is 2.24. The Morgan fingerprint density at radius 3 is 2.42 bits per heavy atom. The van der Waals surface area contributed by atoms with Crippen LogP contribution in [0.1, 0.15) is 19.4 Å². The summed E-state index contributed by atoms with van der Waals surface area (Å²) in [5.41, 5.74) is 0.541. The van der Waals surface area contributed by atoms with Crippen LogP contribution in [0.3, 0.4) is 0 Å². The van der Waals surface area contributed by atoms with Gasteiger partial charge >= 0.3 is 5.97 Å². The Morgan fingerprint density at radius 2 is 1.89 bits per heavy atom. The van der Waals surface area contributed by atoms with E-state index in [1.54, 1.807) is 32.0 Å². The van der Waals surface area contributed by atoms with Crippen LogP contribution < -0.4 is 5.32 Å². The smallest absolute Gasteiger partial charge is 0.328 e. The van der Waals surface area contributed by atoms with Gasteiger partial charge in [0.2, 0.25) is 5.91 Å². The van der Waals surface area contributed by atoms with Crippen LogP contribution in [0.4, 0.5) is 0 Å². The number of hydrogen-bond acceptors (Lipinski definition) is 3. The Morgan fingerprint density at radius 1 is 1.32 bits per heavy atom. The second-order valence-electron chi connectivity index (χ2n) is 3.92. The zero-order valence-corrected chi connectivity index (χ0v) is 12.2. The third-order valence-corrected chi connectivity index (χ3v) is 3.12. The van der Waals surface area contributed by atoms with E-state index >= 15 is 0 Å². The summed E-state index contributed by atoms with van der Waals surface area (Å²) >= 11 is 11.9. The summed E-state index contributed by atoms with van der Waals surface area (Å²) in [5.74, 6) is -0.809. The molecule has 0 radical (unpaired) electrons. The fourth-order valence-electron chi connectivity index (χ4n) is 1.48. The highest BCUT2D eigenvalue weighted by atomic mass is 35.5. The number of esters is 1. The highest BCUT2D eigenvalue weighted by molar-refractivity contribution is 6.36. The summed E-state index contributed by atoms with van der Waals surface area (Å²) in [5, 5.41) is 3.38. The molecule has 0 aliphatic heterocycles. The molecule has 1 rings (SSSR count). The summed E-state index contributed by atoms with van der Waals surface area (Å²) in [6, 6.07) is 4.32. The van der Waals surface area contributed by atoms with Gasteiger partial charge in [-0.25, -0.2) is 4.79 Å². The second kappa shape index (κ2) is 7.36. The second-order valence-corrected chi connectivity index (χ2v) is 4.73. The zero-order valence-electron chi connectivity index (χ0n) is 10.7. The number of carbonyl (C=O) groups excluding carboxylic acids is 2. The molecule has 0 bridgehead atoms. The predicted molar refractivity (Wildman–Crippen MR) is 74.4 cm³/mol. The van der Waals surface area contributed by atoms with Crippen molar-refractivity contribution in [2.75, 3.05) is 6.61 Å². The molecule has 1 unspecified atom stereocenters. The summed E-state index contributed by atoms with van der Waals surface area (Å²) < 4.78 is 4.80. The number of amides is 1.